The first kappa shape index (κ1) is 16.9. The average molecular weight is 372 g/mol. The van der Waals surface area contributed by atoms with Crippen LogP contribution in [0.2, 0.25) is 0 Å². The van der Waals surface area contributed by atoms with Crippen molar-refractivity contribution in [1.29, 1.82) is 0 Å². The predicted octanol–water partition coefficient (Wildman–Crippen LogP) is 2.49. The Balaban J connectivity index is 1.61. The van der Waals surface area contributed by atoms with Crippen LogP contribution in [0.25, 0.3) is 21.5 Å². The van der Waals surface area contributed by atoms with Crippen molar-refractivity contribution in [2.24, 2.45) is 0 Å². The number of halogens is 1. The molecule has 1 fully saturated rings. The second kappa shape index (κ2) is 6.65. The van der Waals surface area contributed by atoms with Gasteiger partial charge in [-0.3, -0.25) is 9.78 Å². The molecule has 3 aromatic rings. The number of fused-ring (bicyclic) bond motifs is 1. The molecule has 4 heterocycles. The number of aromatic nitrogens is 4. The van der Waals surface area contributed by atoms with Gasteiger partial charge in [-0.15, -0.1) is 10.2 Å². The first-order valence-electron chi connectivity index (χ1n) is 8.31. The Hall–Kier alpha value is -2.52. The molecule has 0 spiro atoms. The number of hydrogen-bond donors (Lipinski definition) is 2. The Labute approximate surface area is 153 Å². The summed E-state index contributed by atoms with van der Waals surface area (Å²) in [5.74, 6) is -0.316. The molecule has 0 aliphatic carbocycles. The molecule has 9 heteroatoms. The second-order valence-corrected chi connectivity index (χ2v) is 7.46. The van der Waals surface area contributed by atoms with Crippen LogP contribution in [0.3, 0.4) is 0 Å². The minimum absolute atomic E-state index is 0.164. The van der Waals surface area contributed by atoms with Crippen LogP contribution >= 0.6 is 11.3 Å². The van der Waals surface area contributed by atoms with Gasteiger partial charge in [0.15, 0.2) is 10.7 Å². The maximum Gasteiger partial charge on any atom is 0.263 e. The van der Waals surface area contributed by atoms with Gasteiger partial charge in [-0.1, -0.05) is 11.3 Å². The number of anilines is 1. The lowest BCUT2D eigenvalue weighted by molar-refractivity contribution is -0.129. The van der Waals surface area contributed by atoms with Crippen molar-refractivity contribution >= 4 is 33.8 Å². The van der Waals surface area contributed by atoms with E-state index in [2.05, 4.69) is 30.8 Å². The van der Waals surface area contributed by atoms with Crippen molar-refractivity contribution in [3.63, 3.8) is 0 Å². The van der Waals surface area contributed by atoms with Crippen molar-refractivity contribution in [2.75, 3.05) is 18.4 Å². The van der Waals surface area contributed by atoms with Crippen molar-refractivity contribution in [3.05, 3.63) is 29.5 Å². The van der Waals surface area contributed by atoms with Crippen LogP contribution in [0, 0.1) is 6.92 Å². The number of rotatable bonds is 3. The zero-order valence-electron chi connectivity index (χ0n) is 14.1. The summed E-state index contributed by atoms with van der Waals surface area (Å²) in [5, 5.41) is 17.0. The fourth-order valence-electron chi connectivity index (χ4n) is 2.90. The quantitative estimate of drug-likeness (QED) is 0.734. The molecule has 3 aromatic heterocycles. The summed E-state index contributed by atoms with van der Waals surface area (Å²) in [7, 11) is 0. The van der Waals surface area contributed by atoms with Crippen molar-refractivity contribution in [1.82, 2.24) is 25.5 Å². The van der Waals surface area contributed by atoms with E-state index in [0.717, 1.165) is 20.8 Å². The Morgan fingerprint density at radius 1 is 1.19 bits per heavy atom. The highest BCUT2D eigenvalue weighted by molar-refractivity contribution is 7.14. The van der Waals surface area contributed by atoms with Crippen molar-refractivity contribution in [3.8, 4) is 10.7 Å². The van der Waals surface area contributed by atoms with Crippen molar-refractivity contribution in [2.45, 2.75) is 25.4 Å². The first-order valence-corrected chi connectivity index (χ1v) is 9.12. The van der Waals surface area contributed by atoms with Gasteiger partial charge in [0.05, 0.1) is 0 Å². The standard InChI is InChI=1S/C17H17FN6OS/c1-10-23-24-15(26-10)13-6-11-7-14(21-9-12(11)8-20-13)22-16(25)17(18)2-4-19-5-3-17/h6-9,19H,2-5H2,1H3,(H,21,22,25). The SMILES string of the molecule is Cc1nnc(-c2cc3cc(NC(=O)C4(F)CCNCC4)ncc3cn2)s1. The number of piperidine rings is 1. The second-order valence-electron chi connectivity index (χ2n) is 6.28. The molecule has 26 heavy (non-hydrogen) atoms. The lowest BCUT2D eigenvalue weighted by atomic mass is 9.93. The van der Waals surface area contributed by atoms with Crippen LogP contribution < -0.4 is 10.6 Å². The number of carbonyl (C=O) groups excluding carboxylic acids is 1. The summed E-state index contributed by atoms with van der Waals surface area (Å²) in [4.78, 5) is 20.9. The average Bonchev–Trinajstić information content (AvgIpc) is 3.08. The molecule has 134 valence electrons. The highest BCUT2D eigenvalue weighted by Crippen LogP contribution is 2.27. The summed E-state index contributed by atoms with van der Waals surface area (Å²) >= 11 is 1.46. The van der Waals surface area contributed by atoms with Crippen LogP contribution in [0.1, 0.15) is 17.8 Å². The first-order chi connectivity index (χ1) is 12.5. The number of nitrogens with one attached hydrogen (secondary N) is 2. The summed E-state index contributed by atoms with van der Waals surface area (Å²) in [5.41, 5.74) is -1.15. The van der Waals surface area contributed by atoms with Gasteiger partial charge in [0, 0.05) is 30.6 Å². The lowest BCUT2D eigenvalue weighted by Crippen LogP contribution is -2.47. The van der Waals surface area contributed by atoms with E-state index >= 15 is 0 Å². The molecule has 4 rings (SSSR count). The summed E-state index contributed by atoms with van der Waals surface area (Å²) in [6.07, 6.45) is 3.64. The third-order valence-corrected chi connectivity index (χ3v) is 5.25. The topological polar surface area (TPSA) is 92.7 Å². The predicted molar refractivity (Wildman–Crippen MR) is 97.8 cm³/mol. The Bertz CT molecular complexity index is 969. The van der Waals surface area contributed by atoms with Crippen LogP contribution in [0.4, 0.5) is 10.2 Å². The molecular weight excluding hydrogens is 355 g/mol. The molecule has 1 amide bonds. The van der Waals surface area contributed by atoms with Gasteiger partial charge in [0.1, 0.15) is 16.5 Å². The number of carbonyl (C=O) groups is 1. The van der Waals surface area contributed by atoms with Gasteiger partial charge in [0.2, 0.25) is 0 Å². The van der Waals surface area contributed by atoms with E-state index in [1.807, 2.05) is 13.0 Å². The third kappa shape index (κ3) is 3.27. The molecule has 0 bridgehead atoms. The molecule has 1 saturated heterocycles. The molecule has 2 N–H and O–H groups in total. The number of amides is 1. The van der Waals surface area contributed by atoms with Gasteiger partial charge in [-0.05, 0) is 37.5 Å². The van der Waals surface area contributed by atoms with E-state index in [9.17, 15) is 9.18 Å². The van der Waals surface area contributed by atoms with Crippen LogP contribution in [-0.4, -0.2) is 44.8 Å². The zero-order valence-corrected chi connectivity index (χ0v) is 14.9. The monoisotopic (exact) mass is 372 g/mol. The van der Waals surface area contributed by atoms with Crippen LogP contribution in [0.15, 0.2) is 24.5 Å². The fraction of sp³-hybridized carbons (Fsp3) is 0.353. The Kier molecular flexibility index (Phi) is 4.33. The van der Waals surface area contributed by atoms with Gasteiger partial charge >= 0.3 is 0 Å². The molecular formula is C17H17FN6OS. The largest absolute Gasteiger partial charge is 0.316 e. The van der Waals surface area contributed by atoms with Crippen LogP contribution in [-0.2, 0) is 4.79 Å². The van der Waals surface area contributed by atoms with Gasteiger partial charge < -0.3 is 10.6 Å². The fourth-order valence-corrected chi connectivity index (χ4v) is 3.56. The van der Waals surface area contributed by atoms with E-state index in [1.54, 1.807) is 18.5 Å². The molecule has 0 unspecified atom stereocenters. The van der Waals surface area contributed by atoms with E-state index in [1.165, 1.54) is 11.3 Å². The minimum atomic E-state index is -1.85. The molecule has 1 aliphatic heterocycles. The van der Waals surface area contributed by atoms with E-state index in [0.29, 0.717) is 24.6 Å². The zero-order chi connectivity index (χ0) is 18.1. The lowest BCUT2D eigenvalue weighted by Gasteiger charge is -2.28. The number of alkyl halides is 1. The van der Waals surface area contributed by atoms with Crippen molar-refractivity contribution < 1.29 is 9.18 Å². The number of nitrogens with zero attached hydrogens (tertiary/aromatic N) is 4. The van der Waals surface area contributed by atoms with E-state index in [4.69, 9.17) is 0 Å². The molecule has 0 atom stereocenters. The minimum Gasteiger partial charge on any atom is -0.316 e. The van der Waals surface area contributed by atoms with Gasteiger partial charge in [-0.25, -0.2) is 9.37 Å². The third-order valence-electron chi connectivity index (χ3n) is 4.39. The molecule has 1 aliphatic rings. The summed E-state index contributed by atoms with van der Waals surface area (Å²) in [6.45, 7) is 2.87. The Morgan fingerprint density at radius 3 is 2.69 bits per heavy atom. The molecule has 7 nitrogen and oxygen atoms in total. The summed E-state index contributed by atoms with van der Waals surface area (Å²) in [6, 6.07) is 3.58. The maximum absolute atomic E-state index is 14.7. The van der Waals surface area contributed by atoms with E-state index in [-0.39, 0.29) is 12.8 Å². The highest BCUT2D eigenvalue weighted by atomic mass is 32.1. The van der Waals surface area contributed by atoms with Gasteiger partial charge in [0.25, 0.3) is 5.91 Å². The number of pyridine rings is 2. The number of aryl methyl sites for hydroxylation is 1. The maximum atomic E-state index is 14.7. The summed E-state index contributed by atoms with van der Waals surface area (Å²) < 4.78 is 14.7. The van der Waals surface area contributed by atoms with E-state index < -0.39 is 11.6 Å². The highest BCUT2D eigenvalue weighted by Gasteiger charge is 2.39. The van der Waals surface area contributed by atoms with Gasteiger partial charge in [-0.2, -0.15) is 0 Å². The number of hydrogen-bond acceptors (Lipinski definition) is 7. The molecule has 0 radical (unpaired) electrons. The van der Waals surface area contributed by atoms with Crippen LogP contribution in [0.5, 0.6) is 0 Å². The Morgan fingerprint density at radius 2 is 1.96 bits per heavy atom. The normalized spacial score (nSPS) is 16.5. The molecule has 0 saturated carbocycles. The molecule has 0 aromatic carbocycles. The smallest absolute Gasteiger partial charge is 0.263 e.